The first-order valence-electron chi connectivity index (χ1n) is 7.20. The third kappa shape index (κ3) is 2.72. The van der Waals surface area contributed by atoms with Gasteiger partial charge in [-0.05, 0) is 61.7 Å². The molecule has 1 aliphatic rings. The van der Waals surface area contributed by atoms with Crippen LogP contribution in [0, 0.1) is 6.92 Å². The molecular weight excluding hydrogens is 246 g/mol. The average molecular weight is 267 g/mol. The van der Waals surface area contributed by atoms with Crippen LogP contribution in [-0.4, -0.2) is 13.1 Å². The summed E-state index contributed by atoms with van der Waals surface area (Å²) in [5.41, 5.74) is 11.3. The maximum absolute atomic E-state index is 6.00. The standard InChI is InChI=1S/C17H21N3/c1-13-4-9-16(18)17(12-13)19-14-5-7-15(8-6-14)20-10-2-3-11-20/h4-9,12,19H,2-3,10-11,18H2,1H3. The quantitative estimate of drug-likeness (QED) is 0.828. The monoisotopic (exact) mass is 267 g/mol. The van der Waals surface area contributed by atoms with Gasteiger partial charge < -0.3 is 16.0 Å². The summed E-state index contributed by atoms with van der Waals surface area (Å²) in [6.45, 7) is 4.43. The number of nitrogens with zero attached hydrogens (tertiary/aromatic N) is 1. The van der Waals surface area contributed by atoms with E-state index in [4.69, 9.17) is 5.73 Å². The van der Waals surface area contributed by atoms with E-state index >= 15 is 0 Å². The van der Waals surface area contributed by atoms with Crippen molar-refractivity contribution in [1.29, 1.82) is 0 Å². The van der Waals surface area contributed by atoms with Crippen molar-refractivity contribution in [3.8, 4) is 0 Å². The third-order valence-electron chi connectivity index (χ3n) is 3.83. The Morgan fingerprint density at radius 1 is 1.00 bits per heavy atom. The number of hydrogen-bond donors (Lipinski definition) is 2. The van der Waals surface area contributed by atoms with E-state index in [1.165, 1.54) is 37.2 Å². The van der Waals surface area contributed by atoms with E-state index in [-0.39, 0.29) is 0 Å². The molecule has 0 atom stereocenters. The van der Waals surface area contributed by atoms with Crippen molar-refractivity contribution < 1.29 is 0 Å². The van der Waals surface area contributed by atoms with Gasteiger partial charge in [-0.3, -0.25) is 0 Å². The molecule has 0 aliphatic carbocycles. The van der Waals surface area contributed by atoms with Crippen molar-refractivity contribution in [3.05, 3.63) is 48.0 Å². The highest BCUT2D eigenvalue weighted by Gasteiger charge is 2.11. The molecule has 1 saturated heterocycles. The molecule has 0 saturated carbocycles. The van der Waals surface area contributed by atoms with E-state index < -0.39 is 0 Å². The van der Waals surface area contributed by atoms with Gasteiger partial charge in [0.15, 0.2) is 0 Å². The zero-order valence-corrected chi connectivity index (χ0v) is 11.9. The van der Waals surface area contributed by atoms with E-state index in [1.807, 2.05) is 12.1 Å². The van der Waals surface area contributed by atoms with Crippen molar-refractivity contribution in [3.63, 3.8) is 0 Å². The lowest BCUT2D eigenvalue weighted by atomic mass is 10.2. The van der Waals surface area contributed by atoms with Crippen molar-refractivity contribution in [2.75, 3.05) is 29.0 Å². The molecule has 3 N–H and O–H groups in total. The normalized spacial score (nSPS) is 14.6. The molecule has 0 spiro atoms. The second-order valence-corrected chi connectivity index (χ2v) is 5.46. The molecule has 20 heavy (non-hydrogen) atoms. The summed E-state index contributed by atoms with van der Waals surface area (Å²) in [6, 6.07) is 14.6. The van der Waals surface area contributed by atoms with Crippen molar-refractivity contribution in [2.45, 2.75) is 19.8 Å². The summed E-state index contributed by atoms with van der Waals surface area (Å²) in [6.07, 6.45) is 2.61. The highest BCUT2D eigenvalue weighted by atomic mass is 15.1. The van der Waals surface area contributed by atoms with Crippen LogP contribution < -0.4 is 16.0 Å². The van der Waals surface area contributed by atoms with Gasteiger partial charge in [0.25, 0.3) is 0 Å². The van der Waals surface area contributed by atoms with Crippen LogP contribution in [0.5, 0.6) is 0 Å². The maximum atomic E-state index is 6.00. The van der Waals surface area contributed by atoms with E-state index in [2.05, 4.69) is 47.5 Å². The van der Waals surface area contributed by atoms with Crippen LogP contribution in [0.4, 0.5) is 22.7 Å². The van der Waals surface area contributed by atoms with Gasteiger partial charge in [0, 0.05) is 24.5 Å². The third-order valence-corrected chi connectivity index (χ3v) is 3.83. The Bertz CT molecular complexity index is 584. The largest absolute Gasteiger partial charge is 0.397 e. The average Bonchev–Trinajstić information content (AvgIpc) is 2.98. The fourth-order valence-corrected chi connectivity index (χ4v) is 2.66. The highest BCUT2D eigenvalue weighted by Crippen LogP contribution is 2.27. The van der Waals surface area contributed by atoms with Gasteiger partial charge in [-0.2, -0.15) is 0 Å². The van der Waals surface area contributed by atoms with Crippen molar-refractivity contribution >= 4 is 22.7 Å². The highest BCUT2D eigenvalue weighted by molar-refractivity contribution is 5.73. The van der Waals surface area contributed by atoms with Crippen LogP contribution in [0.15, 0.2) is 42.5 Å². The first-order valence-corrected chi connectivity index (χ1v) is 7.20. The van der Waals surface area contributed by atoms with Crippen molar-refractivity contribution in [1.82, 2.24) is 0 Å². The Morgan fingerprint density at radius 3 is 2.40 bits per heavy atom. The van der Waals surface area contributed by atoms with E-state index in [1.54, 1.807) is 0 Å². The second-order valence-electron chi connectivity index (χ2n) is 5.46. The Labute approximate surface area is 120 Å². The zero-order valence-electron chi connectivity index (χ0n) is 11.9. The molecule has 104 valence electrons. The molecule has 3 nitrogen and oxygen atoms in total. The molecule has 1 aliphatic heterocycles. The Hall–Kier alpha value is -2.16. The predicted molar refractivity (Wildman–Crippen MR) is 86.8 cm³/mol. The van der Waals surface area contributed by atoms with Crippen LogP contribution in [0.2, 0.25) is 0 Å². The molecule has 3 rings (SSSR count). The summed E-state index contributed by atoms with van der Waals surface area (Å²) < 4.78 is 0. The van der Waals surface area contributed by atoms with E-state index in [0.29, 0.717) is 0 Å². The number of nitrogens with two attached hydrogens (primary N) is 1. The lowest BCUT2D eigenvalue weighted by molar-refractivity contribution is 0.949. The van der Waals surface area contributed by atoms with Gasteiger partial charge in [0.1, 0.15) is 0 Å². The summed E-state index contributed by atoms with van der Waals surface area (Å²) in [5, 5.41) is 3.39. The minimum absolute atomic E-state index is 0.777. The lowest BCUT2D eigenvalue weighted by Crippen LogP contribution is -2.17. The second kappa shape index (κ2) is 5.45. The molecule has 0 amide bonds. The molecule has 2 aromatic rings. The maximum Gasteiger partial charge on any atom is 0.0620 e. The number of rotatable bonds is 3. The molecule has 0 radical (unpaired) electrons. The van der Waals surface area contributed by atoms with E-state index in [9.17, 15) is 0 Å². The van der Waals surface area contributed by atoms with Crippen LogP contribution in [-0.2, 0) is 0 Å². The Kier molecular flexibility index (Phi) is 3.50. The minimum Gasteiger partial charge on any atom is -0.397 e. The van der Waals surface area contributed by atoms with Crippen LogP contribution in [0.3, 0.4) is 0 Å². The minimum atomic E-state index is 0.777. The van der Waals surface area contributed by atoms with E-state index in [0.717, 1.165) is 17.1 Å². The fraction of sp³-hybridized carbons (Fsp3) is 0.294. The SMILES string of the molecule is Cc1ccc(N)c(Nc2ccc(N3CCCC3)cc2)c1. The molecule has 1 heterocycles. The molecule has 0 unspecified atom stereocenters. The topological polar surface area (TPSA) is 41.3 Å². The van der Waals surface area contributed by atoms with Crippen LogP contribution in [0.1, 0.15) is 18.4 Å². The van der Waals surface area contributed by atoms with Gasteiger partial charge in [0.2, 0.25) is 0 Å². The van der Waals surface area contributed by atoms with Gasteiger partial charge in [0.05, 0.1) is 11.4 Å². The lowest BCUT2D eigenvalue weighted by Gasteiger charge is -2.18. The molecule has 0 bridgehead atoms. The first-order chi connectivity index (χ1) is 9.72. The Balaban J connectivity index is 1.76. The van der Waals surface area contributed by atoms with Crippen molar-refractivity contribution in [2.24, 2.45) is 0 Å². The van der Waals surface area contributed by atoms with Gasteiger partial charge in [-0.25, -0.2) is 0 Å². The number of benzene rings is 2. The van der Waals surface area contributed by atoms with Gasteiger partial charge >= 0.3 is 0 Å². The molecule has 1 fully saturated rings. The first kappa shape index (κ1) is 12.9. The number of nitrogen functional groups attached to an aromatic ring is 1. The summed E-state index contributed by atoms with van der Waals surface area (Å²) in [7, 11) is 0. The van der Waals surface area contributed by atoms with Gasteiger partial charge in [-0.1, -0.05) is 6.07 Å². The Morgan fingerprint density at radius 2 is 1.70 bits per heavy atom. The zero-order chi connectivity index (χ0) is 13.9. The molecule has 3 heteroatoms. The predicted octanol–water partition coefficient (Wildman–Crippen LogP) is 3.92. The number of aryl methyl sites for hydroxylation is 1. The smallest absolute Gasteiger partial charge is 0.0620 e. The van der Waals surface area contributed by atoms with Gasteiger partial charge in [-0.15, -0.1) is 0 Å². The van der Waals surface area contributed by atoms with Crippen LogP contribution >= 0.6 is 0 Å². The molecule has 2 aromatic carbocycles. The summed E-state index contributed by atoms with van der Waals surface area (Å²) in [5.74, 6) is 0. The molecular formula is C17H21N3. The molecule has 0 aromatic heterocycles. The number of nitrogens with one attached hydrogen (secondary N) is 1. The summed E-state index contributed by atoms with van der Waals surface area (Å²) >= 11 is 0. The number of hydrogen-bond acceptors (Lipinski definition) is 3. The fourth-order valence-electron chi connectivity index (χ4n) is 2.66. The summed E-state index contributed by atoms with van der Waals surface area (Å²) in [4.78, 5) is 2.44. The van der Waals surface area contributed by atoms with Crippen LogP contribution in [0.25, 0.3) is 0 Å². The number of anilines is 4.